The summed E-state index contributed by atoms with van der Waals surface area (Å²) < 4.78 is 5.85. The zero-order chi connectivity index (χ0) is 13.7. The molecular formula is C16H13N3O. The number of aryl methyl sites for hydroxylation is 2. The molecule has 1 N–H and O–H groups in total. The van der Waals surface area contributed by atoms with Crippen LogP contribution in [0.15, 0.2) is 40.8 Å². The topological polar surface area (TPSA) is 54.7 Å². The van der Waals surface area contributed by atoms with Gasteiger partial charge in [-0.05, 0) is 44.2 Å². The van der Waals surface area contributed by atoms with E-state index in [4.69, 9.17) is 4.42 Å². The number of rotatable bonds is 1. The van der Waals surface area contributed by atoms with Gasteiger partial charge in [-0.1, -0.05) is 11.6 Å². The van der Waals surface area contributed by atoms with Crippen LogP contribution in [0.3, 0.4) is 0 Å². The number of hydrogen-bond donors (Lipinski definition) is 1. The van der Waals surface area contributed by atoms with Crippen molar-refractivity contribution in [2.45, 2.75) is 13.8 Å². The van der Waals surface area contributed by atoms with Gasteiger partial charge in [0, 0.05) is 11.1 Å². The first-order valence-electron chi connectivity index (χ1n) is 6.53. The largest absolute Gasteiger partial charge is 0.453 e. The van der Waals surface area contributed by atoms with Crippen molar-refractivity contribution in [3.8, 4) is 11.6 Å². The zero-order valence-electron chi connectivity index (χ0n) is 11.3. The van der Waals surface area contributed by atoms with Crippen molar-refractivity contribution in [1.82, 2.24) is 15.0 Å². The van der Waals surface area contributed by atoms with E-state index in [2.05, 4.69) is 27.9 Å². The van der Waals surface area contributed by atoms with Crippen molar-refractivity contribution in [3.05, 3.63) is 47.7 Å². The lowest BCUT2D eigenvalue weighted by molar-refractivity contribution is 0.626. The Hall–Kier alpha value is -2.62. The maximum Gasteiger partial charge on any atom is 0.178 e. The van der Waals surface area contributed by atoms with Gasteiger partial charge in [0.2, 0.25) is 0 Å². The summed E-state index contributed by atoms with van der Waals surface area (Å²) in [4.78, 5) is 12.2. The molecule has 3 aromatic heterocycles. The van der Waals surface area contributed by atoms with Gasteiger partial charge < -0.3 is 9.40 Å². The van der Waals surface area contributed by atoms with Crippen molar-refractivity contribution in [2.75, 3.05) is 0 Å². The molecule has 98 valence electrons. The molecule has 0 aliphatic heterocycles. The Morgan fingerprint density at radius 1 is 1.00 bits per heavy atom. The predicted molar refractivity (Wildman–Crippen MR) is 78.6 cm³/mol. The number of imidazole rings is 1. The number of hydrogen-bond acceptors (Lipinski definition) is 3. The van der Waals surface area contributed by atoms with Crippen LogP contribution in [0.25, 0.3) is 33.7 Å². The van der Waals surface area contributed by atoms with Crippen LogP contribution < -0.4 is 0 Å². The Labute approximate surface area is 115 Å². The predicted octanol–water partition coefficient (Wildman–Crippen LogP) is 3.99. The second kappa shape index (κ2) is 3.93. The molecule has 1 aromatic carbocycles. The standard InChI is InChI=1S/C16H13N3O/c1-9-3-6-13-11(7-9)8-14(20-13)16-18-12-5-4-10(2)17-15(12)19-16/h3-8H,1-2H3,(H,17,18,19). The number of fused-ring (bicyclic) bond motifs is 2. The molecule has 0 saturated carbocycles. The fraction of sp³-hybridized carbons (Fsp3) is 0.125. The Balaban J connectivity index is 1.91. The normalized spacial score (nSPS) is 11.5. The van der Waals surface area contributed by atoms with Crippen LogP contribution in [0, 0.1) is 13.8 Å². The van der Waals surface area contributed by atoms with E-state index in [1.54, 1.807) is 0 Å². The van der Waals surface area contributed by atoms with Crippen LogP contribution in [0.4, 0.5) is 0 Å². The molecular weight excluding hydrogens is 250 g/mol. The van der Waals surface area contributed by atoms with Crippen LogP contribution in [-0.2, 0) is 0 Å². The van der Waals surface area contributed by atoms with Crippen molar-refractivity contribution in [2.24, 2.45) is 0 Å². The SMILES string of the molecule is Cc1ccc2oc(-c3nc4nc(C)ccc4[nH]3)cc2c1. The highest BCUT2D eigenvalue weighted by atomic mass is 16.3. The lowest BCUT2D eigenvalue weighted by Gasteiger charge is -1.89. The lowest BCUT2D eigenvalue weighted by atomic mass is 10.2. The van der Waals surface area contributed by atoms with Crippen LogP contribution in [0.1, 0.15) is 11.3 Å². The molecule has 0 aliphatic carbocycles. The second-order valence-corrected chi connectivity index (χ2v) is 5.06. The van der Waals surface area contributed by atoms with Crippen LogP contribution in [0.2, 0.25) is 0 Å². The molecule has 0 radical (unpaired) electrons. The Kier molecular flexibility index (Phi) is 2.21. The minimum atomic E-state index is 0.715. The van der Waals surface area contributed by atoms with Crippen molar-refractivity contribution >= 4 is 22.1 Å². The van der Waals surface area contributed by atoms with Gasteiger partial charge >= 0.3 is 0 Å². The minimum absolute atomic E-state index is 0.715. The van der Waals surface area contributed by atoms with Crippen molar-refractivity contribution < 1.29 is 4.42 Å². The molecule has 4 aromatic rings. The highest BCUT2D eigenvalue weighted by Crippen LogP contribution is 2.27. The van der Waals surface area contributed by atoms with Crippen molar-refractivity contribution in [3.63, 3.8) is 0 Å². The van der Waals surface area contributed by atoms with E-state index < -0.39 is 0 Å². The molecule has 3 heterocycles. The first kappa shape index (κ1) is 11.2. The van der Waals surface area contributed by atoms with E-state index in [1.807, 2.05) is 37.3 Å². The van der Waals surface area contributed by atoms with Crippen LogP contribution in [-0.4, -0.2) is 15.0 Å². The molecule has 4 heteroatoms. The summed E-state index contributed by atoms with van der Waals surface area (Å²) in [6, 6.07) is 12.1. The molecule has 0 spiro atoms. The Bertz CT molecular complexity index is 855. The summed E-state index contributed by atoms with van der Waals surface area (Å²) in [5.74, 6) is 1.45. The van der Waals surface area contributed by atoms with E-state index in [0.29, 0.717) is 5.82 Å². The first-order valence-corrected chi connectivity index (χ1v) is 6.53. The summed E-state index contributed by atoms with van der Waals surface area (Å²) in [5, 5.41) is 1.09. The summed E-state index contributed by atoms with van der Waals surface area (Å²) in [7, 11) is 0. The third-order valence-electron chi connectivity index (χ3n) is 3.39. The van der Waals surface area contributed by atoms with E-state index in [-0.39, 0.29) is 0 Å². The quantitative estimate of drug-likeness (QED) is 0.565. The molecule has 0 amide bonds. The summed E-state index contributed by atoms with van der Waals surface area (Å²) in [6.45, 7) is 4.03. The fourth-order valence-electron chi connectivity index (χ4n) is 2.38. The van der Waals surface area contributed by atoms with Crippen molar-refractivity contribution in [1.29, 1.82) is 0 Å². The van der Waals surface area contributed by atoms with Gasteiger partial charge in [-0.3, -0.25) is 0 Å². The lowest BCUT2D eigenvalue weighted by Crippen LogP contribution is -1.80. The number of H-pyrrole nitrogens is 1. The maximum atomic E-state index is 5.85. The van der Waals surface area contributed by atoms with E-state index in [9.17, 15) is 0 Å². The molecule has 4 rings (SSSR count). The van der Waals surface area contributed by atoms with Gasteiger partial charge in [-0.2, -0.15) is 0 Å². The molecule has 4 nitrogen and oxygen atoms in total. The third-order valence-corrected chi connectivity index (χ3v) is 3.39. The second-order valence-electron chi connectivity index (χ2n) is 5.06. The van der Waals surface area contributed by atoms with Gasteiger partial charge in [0.1, 0.15) is 5.58 Å². The number of furan rings is 1. The molecule has 0 bridgehead atoms. The van der Waals surface area contributed by atoms with Crippen LogP contribution in [0.5, 0.6) is 0 Å². The molecule has 0 atom stereocenters. The number of nitrogens with one attached hydrogen (secondary N) is 1. The van der Waals surface area contributed by atoms with Gasteiger partial charge in [0.15, 0.2) is 17.2 Å². The van der Waals surface area contributed by atoms with Crippen LogP contribution >= 0.6 is 0 Å². The molecule has 0 saturated heterocycles. The molecule has 0 fully saturated rings. The fourth-order valence-corrected chi connectivity index (χ4v) is 2.38. The van der Waals surface area contributed by atoms with Gasteiger partial charge in [0.25, 0.3) is 0 Å². The number of benzene rings is 1. The Morgan fingerprint density at radius 2 is 1.90 bits per heavy atom. The smallest absolute Gasteiger partial charge is 0.178 e. The summed E-state index contributed by atoms with van der Waals surface area (Å²) >= 11 is 0. The summed E-state index contributed by atoms with van der Waals surface area (Å²) in [5.41, 5.74) is 4.68. The third kappa shape index (κ3) is 1.69. The monoisotopic (exact) mass is 263 g/mol. The number of pyridine rings is 1. The maximum absolute atomic E-state index is 5.85. The zero-order valence-corrected chi connectivity index (χ0v) is 11.3. The Morgan fingerprint density at radius 3 is 2.80 bits per heavy atom. The van der Waals surface area contributed by atoms with Gasteiger partial charge in [0.05, 0.1) is 5.52 Å². The highest BCUT2D eigenvalue weighted by molar-refractivity contribution is 5.84. The van der Waals surface area contributed by atoms with E-state index >= 15 is 0 Å². The average Bonchev–Trinajstić information content (AvgIpc) is 3.00. The van der Waals surface area contributed by atoms with Gasteiger partial charge in [-0.25, -0.2) is 9.97 Å². The van der Waals surface area contributed by atoms with E-state index in [0.717, 1.165) is 33.6 Å². The van der Waals surface area contributed by atoms with Gasteiger partial charge in [-0.15, -0.1) is 0 Å². The van der Waals surface area contributed by atoms with E-state index in [1.165, 1.54) is 5.56 Å². The highest BCUT2D eigenvalue weighted by Gasteiger charge is 2.11. The minimum Gasteiger partial charge on any atom is -0.453 e. The first-order chi connectivity index (χ1) is 9.69. The number of aromatic amines is 1. The number of nitrogens with zero attached hydrogens (tertiary/aromatic N) is 2. The molecule has 0 unspecified atom stereocenters. The number of aromatic nitrogens is 3. The molecule has 0 aliphatic rings. The summed E-state index contributed by atoms with van der Waals surface area (Å²) in [6.07, 6.45) is 0. The molecule has 20 heavy (non-hydrogen) atoms. The average molecular weight is 263 g/mol.